The van der Waals surface area contributed by atoms with E-state index >= 15 is 0 Å². The molecule has 1 aliphatic rings. The van der Waals surface area contributed by atoms with Crippen molar-refractivity contribution in [1.29, 1.82) is 0 Å². The van der Waals surface area contributed by atoms with Crippen LogP contribution in [0.15, 0.2) is 24.3 Å². The monoisotopic (exact) mass is 263 g/mol. The van der Waals surface area contributed by atoms with Crippen molar-refractivity contribution in [2.45, 2.75) is 18.9 Å². The molecule has 0 radical (unpaired) electrons. The van der Waals surface area contributed by atoms with Gasteiger partial charge in [-0.05, 0) is 12.1 Å². The number of anilines is 1. The van der Waals surface area contributed by atoms with Crippen LogP contribution in [-0.4, -0.2) is 35.9 Å². The normalized spacial score (nSPS) is 16.1. The molecule has 2 amide bonds. The van der Waals surface area contributed by atoms with Gasteiger partial charge in [-0.15, -0.1) is 0 Å². The van der Waals surface area contributed by atoms with Gasteiger partial charge in [0.2, 0.25) is 0 Å². The molecule has 0 unspecified atom stereocenters. The van der Waals surface area contributed by atoms with E-state index in [0.29, 0.717) is 37.4 Å². The molecular formula is C13H17N3O3. The van der Waals surface area contributed by atoms with Gasteiger partial charge in [-0.3, -0.25) is 9.59 Å². The summed E-state index contributed by atoms with van der Waals surface area (Å²) in [6, 6.07) is 7.30. The van der Waals surface area contributed by atoms with E-state index < -0.39 is 11.8 Å². The first-order chi connectivity index (χ1) is 9.08. The zero-order chi connectivity index (χ0) is 13.8. The number of carbonyl (C=O) groups is 2. The molecule has 6 heteroatoms. The van der Waals surface area contributed by atoms with Crippen molar-refractivity contribution in [3.63, 3.8) is 0 Å². The fourth-order valence-electron chi connectivity index (χ4n) is 2.10. The number of carbonyl (C=O) groups excluding carboxylic acids is 2. The predicted molar refractivity (Wildman–Crippen MR) is 70.3 cm³/mol. The van der Waals surface area contributed by atoms with Crippen molar-refractivity contribution in [2.24, 2.45) is 5.73 Å². The van der Waals surface area contributed by atoms with Crippen molar-refractivity contribution in [2.75, 3.05) is 18.8 Å². The number of ether oxygens (including phenoxy) is 1. The Bertz CT molecular complexity index is 482. The molecule has 19 heavy (non-hydrogen) atoms. The molecular weight excluding hydrogens is 246 g/mol. The highest BCUT2D eigenvalue weighted by Crippen LogP contribution is 2.24. The second kappa shape index (κ2) is 5.60. The van der Waals surface area contributed by atoms with Crippen molar-refractivity contribution >= 4 is 17.5 Å². The lowest BCUT2D eigenvalue weighted by atomic mass is 10.1. The molecule has 0 aromatic heterocycles. The zero-order valence-electron chi connectivity index (χ0n) is 10.5. The number of primary amides is 1. The molecule has 0 atom stereocenters. The summed E-state index contributed by atoms with van der Waals surface area (Å²) in [6.45, 7) is 0.943. The molecule has 1 aliphatic heterocycles. The van der Waals surface area contributed by atoms with E-state index in [4.69, 9.17) is 16.2 Å². The molecule has 2 rings (SSSR count). The number of hydrogen-bond donors (Lipinski definition) is 2. The minimum Gasteiger partial charge on any atom is -0.488 e. The zero-order valence-corrected chi connectivity index (χ0v) is 10.5. The maximum atomic E-state index is 11.4. The topological polar surface area (TPSA) is 98.7 Å². The first-order valence-corrected chi connectivity index (χ1v) is 6.18. The summed E-state index contributed by atoms with van der Waals surface area (Å²) in [5, 5.41) is 0. The van der Waals surface area contributed by atoms with Gasteiger partial charge in [0.1, 0.15) is 11.9 Å². The number of nitrogens with two attached hydrogens (primary N) is 2. The molecule has 4 N–H and O–H groups in total. The molecule has 6 nitrogen and oxygen atoms in total. The molecule has 1 saturated heterocycles. The van der Waals surface area contributed by atoms with Crippen molar-refractivity contribution < 1.29 is 14.3 Å². The quantitative estimate of drug-likeness (QED) is 0.585. The van der Waals surface area contributed by atoms with Crippen LogP contribution in [0.5, 0.6) is 5.75 Å². The van der Waals surface area contributed by atoms with Crippen LogP contribution < -0.4 is 16.2 Å². The largest absolute Gasteiger partial charge is 0.488 e. The van der Waals surface area contributed by atoms with Gasteiger partial charge >= 0.3 is 11.8 Å². The Balaban J connectivity index is 1.89. The lowest BCUT2D eigenvalue weighted by molar-refractivity contribution is -0.145. The summed E-state index contributed by atoms with van der Waals surface area (Å²) >= 11 is 0. The van der Waals surface area contributed by atoms with E-state index in [1.807, 2.05) is 18.2 Å². The molecule has 102 valence electrons. The molecule has 0 bridgehead atoms. The van der Waals surface area contributed by atoms with E-state index in [2.05, 4.69) is 0 Å². The van der Waals surface area contributed by atoms with Gasteiger partial charge in [0.05, 0.1) is 5.69 Å². The molecule has 1 aromatic carbocycles. The minimum atomic E-state index is -0.910. The number of amides is 2. The molecule has 1 fully saturated rings. The summed E-state index contributed by atoms with van der Waals surface area (Å²) in [4.78, 5) is 23.7. The Morgan fingerprint density at radius 2 is 1.84 bits per heavy atom. The van der Waals surface area contributed by atoms with Crippen LogP contribution in [0.3, 0.4) is 0 Å². The number of piperidine rings is 1. The Morgan fingerprint density at radius 1 is 1.21 bits per heavy atom. The van der Waals surface area contributed by atoms with E-state index in [0.717, 1.165) is 0 Å². The van der Waals surface area contributed by atoms with Gasteiger partial charge in [-0.25, -0.2) is 0 Å². The molecule has 1 aromatic rings. The summed E-state index contributed by atoms with van der Waals surface area (Å²) in [6.07, 6.45) is 1.32. The van der Waals surface area contributed by atoms with Crippen molar-refractivity contribution in [3.05, 3.63) is 24.3 Å². The first-order valence-electron chi connectivity index (χ1n) is 6.18. The van der Waals surface area contributed by atoms with Gasteiger partial charge in [0.25, 0.3) is 0 Å². The summed E-state index contributed by atoms with van der Waals surface area (Å²) in [5.41, 5.74) is 11.4. The van der Waals surface area contributed by atoms with Crippen LogP contribution in [0.25, 0.3) is 0 Å². The predicted octanol–water partition coefficient (Wildman–Crippen LogP) is 0.124. The summed E-state index contributed by atoms with van der Waals surface area (Å²) in [5.74, 6) is -0.883. The number of para-hydroxylation sites is 2. The van der Waals surface area contributed by atoms with Crippen molar-refractivity contribution in [1.82, 2.24) is 4.90 Å². The number of rotatable bonds is 2. The summed E-state index contributed by atoms with van der Waals surface area (Å²) in [7, 11) is 0. The van der Waals surface area contributed by atoms with E-state index in [1.165, 1.54) is 4.90 Å². The maximum absolute atomic E-state index is 11.4. The Morgan fingerprint density at radius 3 is 2.42 bits per heavy atom. The van der Waals surface area contributed by atoms with Gasteiger partial charge in [0, 0.05) is 25.9 Å². The fraction of sp³-hybridized carbons (Fsp3) is 0.385. The molecule has 0 saturated carbocycles. The highest BCUT2D eigenvalue weighted by atomic mass is 16.5. The van der Waals surface area contributed by atoms with Crippen LogP contribution in [-0.2, 0) is 9.59 Å². The highest BCUT2D eigenvalue weighted by molar-refractivity contribution is 6.34. The number of hydrogen-bond acceptors (Lipinski definition) is 4. The van der Waals surface area contributed by atoms with Gasteiger partial charge in [0.15, 0.2) is 0 Å². The van der Waals surface area contributed by atoms with Crippen LogP contribution in [0, 0.1) is 0 Å². The number of likely N-dealkylation sites (tertiary alicyclic amines) is 1. The van der Waals surface area contributed by atoms with Crippen LogP contribution in [0.1, 0.15) is 12.8 Å². The highest BCUT2D eigenvalue weighted by Gasteiger charge is 2.26. The van der Waals surface area contributed by atoms with Crippen molar-refractivity contribution in [3.8, 4) is 5.75 Å². The van der Waals surface area contributed by atoms with Gasteiger partial charge < -0.3 is 21.1 Å². The van der Waals surface area contributed by atoms with Crippen LogP contribution in [0.4, 0.5) is 5.69 Å². The van der Waals surface area contributed by atoms with E-state index in [1.54, 1.807) is 6.07 Å². The average molecular weight is 263 g/mol. The molecule has 1 heterocycles. The van der Waals surface area contributed by atoms with Gasteiger partial charge in [-0.1, -0.05) is 12.1 Å². The number of nitrogens with zero attached hydrogens (tertiary/aromatic N) is 1. The Labute approximate surface area is 111 Å². The Hall–Kier alpha value is -2.24. The van der Waals surface area contributed by atoms with Crippen LogP contribution in [0.2, 0.25) is 0 Å². The minimum absolute atomic E-state index is 0.00151. The Kier molecular flexibility index (Phi) is 3.89. The average Bonchev–Trinajstić information content (AvgIpc) is 2.41. The second-order valence-corrected chi connectivity index (χ2v) is 4.51. The standard InChI is InChI=1S/C13H17N3O3/c14-10-3-1-2-4-11(10)19-9-5-7-16(8-6-9)13(18)12(15)17/h1-4,9H,5-8,14H2,(H2,15,17). The number of benzene rings is 1. The smallest absolute Gasteiger partial charge is 0.311 e. The third-order valence-corrected chi connectivity index (χ3v) is 3.15. The third kappa shape index (κ3) is 3.15. The SMILES string of the molecule is NC(=O)C(=O)N1CCC(Oc2ccccc2N)CC1. The fourth-order valence-corrected chi connectivity index (χ4v) is 2.10. The van der Waals surface area contributed by atoms with E-state index in [9.17, 15) is 9.59 Å². The van der Waals surface area contributed by atoms with E-state index in [-0.39, 0.29) is 6.10 Å². The maximum Gasteiger partial charge on any atom is 0.311 e. The molecule has 0 spiro atoms. The number of nitrogen functional groups attached to an aromatic ring is 1. The van der Waals surface area contributed by atoms with Gasteiger partial charge in [-0.2, -0.15) is 0 Å². The van der Waals surface area contributed by atoms with Crippen LogP contribution >= 0.6 is 0 Å². The summed E-state index contributed by atoms with van der Waals surface area (Å²) < 4.78 is 5.80. The molecule has 0 aliphatic carbocycles. The second-order valence-electron chi connectivity index (χ2n) is 4.51. The lowest BCUT2D eigenvalue weighted by Gasteiger charge is -2.31. The third-order valence-electron chi connectivity index (χ3n) is 3.15. The first kappa shape index (κ1) is 13.2. The lowest BCUT2D eigenvalue weighted by Crippen LogP contribution is -2.46.